The summed E-state index contributed by atoms with van der Waals surface area (Å²) in [4.78, 5) is 17.3. The molecule has 0 radical (unpaired) electrons. The Kier molecular flexibility index (Phi) is 7.14. The maximum Gasteiger partial charge on any atom is 0.264 e. The third-order valence-corrected chi connectivity index (χ3v) is 5.64. The molecule has 32 heavy (non-hydrogen) atoms. The number of carbonyl (C=O) groups is 1. The number of halogens is 1. The predicted octanol–water partition coefficient (Wildman–Crippen LogP) is 5.39. The van der Waals surface area contributed by atoms with Crippen molar-refractivity contribution in [1.82, 2.24) is 4.90 Å². The van der Waals surface area contributed by atoms with Crippen LogP contribution in [0.5, 0.6) is 5.75 Å². The van der Waals surface area contributed by atoms with Gasteiger partial charge in [-0.3, -0.25) is 4.79 Å². The highest BCUT2D eigenvalue weighted by atomic mass is 19.1. The van der Waals surface area contributed by atoms with E-state index in [1.54, 1.807) is 17.2 Å². The summed E-state index contributed by atoms with van der Waals surface area (Å²) in [6, 6.07) is 13.2. The molecule has 1 saturated heterocycles. The minimum Gasteiger partial charge on any atom is -0.481 e. The van der Waals surface area contributed by atoms with E-state index in [1.807, 2.05) is 25.1 Å². The number of piperidine rings is 1. The predicted molar refractivity (Wildman–Crippen MR) is 119 cm³/mol. The van der Waals surface area contributed by atoms with Crippen LogP contribution in [-0.2, 0) is 17.9 Å². The zero-order valence-corrected chi connectivity index (χ0v) is 18.3. The third kappa shape index (κ3) is 5.52. The first-order valence-corrected chi connectivity index (χ1v) is 11.2. The molecule has 1 atom stereocenters. The first-order chi connectivity index (χ1) is 15.6. The van der Waals surface area contributed by atoms with E-state index in [9.17, 15) is 9.18 Å². The second-order valence-electron chi connectivity index (χ2n) is 8.03. The van der Waals surface area contributed by atoms with Crippen LogP contribution in [-0.4, -0.2) is 30.0 Å². The van der Waals surface area contributed by atoms with Crippen molar-refractivity contribution < 1.29 is 22.8 Å². The number of ether oxygens (including phenoxy) is 1. The summed E-state index contributed by atoms with van der Waals surface area (Å²) in [6.07, 6.45) is 4.94. The standard InChI is InChI=1S/C25H29FN2O4/c1-2-23(31-20-10-8-19(26)9-11-20)25(29)28(17-21-7-6-16-30-21)18-22-12-13-24(32-22)27-14-4-3-5-15-27/h6-13,16,23H,2-5,14-15,17-18H2,1H3. The molecule has 1 amide bonds. The third-order valence-electron chi connectivity index (χ3n) is 5.64. The van der Waals surface area contributed by atoms with Gasteiger partial charge in [0.25, 0.3) is 5.91 Å². The summed E-state index contributed by atoms with van der Waals surface area (Å²) in [5.74, 6) is 2.16. The van der Waals surface area contributed by atoms with Crippen molar-refractivity contribution in [2.24, 2.45) is 0 Å². The molecule has 1 unspecified atom stereocenters. The van der Waals surface area contributed by atoms with Crippen LogP contribution in [0.1, 0.15) is 44.1 Å². The Labute approximate surface area is 187 Å². The van der Waals surface area contributed by atoms with E-state index in [-0.39, 0.29) is 11.7 Å². The lowest BCUT2D eigenvalue weighted by Crippen LogP contribution is -2.41. The van der Waals surface area contributed by atoms with E-state index in [2.05, 4.69) is 4.90 Å². The van der Waals surface area contributed by atoms with Crippen LogP contribution in [0.4, 0.5) is 10.3 Å². The topological polar surface area (TPSA) is 59.1 Å². The number of rotatable bonds is 9. The Hall–Kier alpha value is -3.22. The van der Waals surface area contributed by atoms with Gasteiger partial charge in [-0.25, -0.2) is 4.39 Å². The van der Waals surface area contributed by atoms with Gasteiger partial charge in [-0.15, -0.1) is 0 Å². The molecule has 1 aromatic carbocycles. The maximum atomic E-state index is 13.4. The van der Waals surface area contributed by atoms with Crippen LogP contribution in [0.2, 0.25) is 0 Å². The van der Waals surface area contributed by atoms with Gasteiger partial charge in [-0.05, 0) is 68.1 Å². The zero-order chi connectivity index (χ0) is 22.3. The molecule has 3 aromatic rings. The number of anilines is 1. The molecule has 0 N–H and O–H groups in total. The molecule has 3 heterocycles. The molecular formula is C25H29FN2O4. The molecule has 6 nitrogen and oxygen atoms in total. The summed E-state index contributed by atoms with van der Waals surface area (Å²) in [6.45, 7) is 4.47. The van der Waals surface area contributed by atoms with Gasteiger partial charge in [0, 0.05) is 19.2 Å². The average molecular weight is 441 g/mol. The Bertz CT molecular complexity index is 978. The lowest BCUT2D eigenvalue weighted by atomic mass is 10.1. The molecule has 0 saturated carbocycles. The van der Waals surface area contributed by atoms with Crippen LogP contribution in [0.15, 0.2) is 63.6 Å². The van der Waals surface area contributed by atoms with Crippen molar-refractivity contribution in [3.05, 3.63) is 72.1 Å². The SMILES string of the molecule is CCC(Oc1ccc(F)cc1)C(=O)N(Cc1ccco1)Cc1ccc(N2CCCCC2)o1. The van der Waals surface area contributed by atoms with E-state index in [1.165, 1.54) is 30.7 Å². The second-order valence-corrected chi connectivity index (χ2v) is 8.03. The van der Waals surface area contributed by atoms with E-state index in [4.69, 9.17) is 13.6 Å². The fourth-order valence-electron chi connectivity index (χ4n) is 3.92. The summed E-state index contributed by atoms with van der Waals surface area (Å²) >= 11 is 0. The Morgan fingerprint density at radius 3 is 2.50 bits per heavy atom. The quantitative estimate of drug-likeness (QED) is 0.447. The van der Waals surface area contributed by atoms with Gasteiger partial charge in [0.2, 0.25) is 0 Å². The number of amides is 1. The van der Waals surface area contributed by atoms with Crippen molar-refractivity contribution in [2.75, 3.05) is 18.0 Å². The van der Waals surface area contributed by atoms with Crippen LogP contribution in [0.3, 0.4) is 0 Å². The second kappa shape index (κ2) is 10.4. The summed E-state index contributed by atoms with van der Waals surface area (Å²) in [7, 11) is 0. The fraction of sp³-hybridized carbons (Fsp3) is 0.400. The van der Waals surface area contributed by atoms with Crippen molar-refractivity contribution in [3.63, 3.8) is 0 Å². The van der Waals surface area contributed by atoms with Crippen molar-refractivity contribution >= 4 is 11.8 Å². The monoisotopic (exact) mass is 440 g/mol. The Balaban J connectivity index is 1.49. The summed E-state index contributed by atoms with van der Waals surface area (Å²) in [5, 5.41) is 0. The lowest BCUT2D eigenvalue weighted by molar-refractivity contribution is -0.140. The van der Waals surface area contributed by atoms with E-state index >= 15 is 0 Å². The van der Waals surface area contributed by atoms with E-state index in [0.717, 1.165) is 31.8 Å². The number of furan rings is 2. The van der Waals surface area contributed by atoms with Gasteiger partial charge in [0.05, 0.1) is 19.4 Å². The molecule has 0 bridgehead atoms. The molecule has 1 aliphatic heterocycles. The van der Waals surface area contributed by atoms with Gasteiger partial charge in [0.15, 0.2) is 12.0 Å². The molecule has 170 valence electrons. The highest BCUT2D eigenvalue weighted by Gasteiger charge is 2.27. The molecule has 1 aliphatic rings. The minimum absolute atomic E-state index is 0.177. The minimum atomic E-state index is -0.702. The smallest absolute Gasteiger partial charge is 0.264 e. The summed E-state index contributed by atoms with van der Waals surface area (Å²) in [5.41, 5.74) is 0. The first kappa shape index (κ1) is 22.0. The highest BCUT2D eigenvalue weighted by molar-refractivity contribution is 5.81. The average Bonchev–Trinajstić information content (AvgIpc) is 3.51. The van der Waals surface area contributed by atoms with Gasteiger partial charge >= 0.3 is 0 Å². The normalized spacial score (nSPS) is 14.9. The number of hydrogen-bond donors (Lipinski definition) is 0. The van der Waals surface area contributed by atoms with E-state index < -0.39 is 6.10 Å². The fourth-order valence-corrected chi connectivity index (χ4v) is 3.92. The molecule has 0 aliphatic carbocycles. The Morgan fingerprint density at radius 2 is 1.81 bits per heavy atom. The van der Waals surface area contributed by atoms with Crippen LogP contribution in [0, 0.1) is 5.82 Å². The molecule has 2 aromatic heterocycles. The van der Waals surface area contributed by atoms with Crippen molar-refractivity contribution in [1.29, 1.82) is 0 Å². The van der Waals surface area contributed by atoms with Crippen LogP contribution < -0.4 is 9.64 Å². The maximum absolute atomic E-state index is 13.4. The molecule has 7 heteroatoms. The van der Waals surface area contributed by atoms with Crippen molar-refractivity contribution in [2.45, 2.75) is 51.8 Å². The molecule has 1 fully saturated rings. The zero-order valence-electron chi connectivity index (χ0n) is 18.3. The van der Waals surface area contributed by atoms with Gasteiger partial charge < -0.3 is 23.4 Å². The van der Waals surface area contributed by atoms with Gasteiger partial charge in [-0.2, -0.15) is 0 Å². The van der Waals surface area contributed by atoms with Crippen LogP contribution >= 0.6 is 0 Å². The number of hydrogen-bond acceptors (Lipinski definition) is 5. The number of nitrogens with zero attached hydrogens (tertiary/aromatic N) is 2. The first-order valence-electron chi connectivity index (χ1n) is 11.2. The molecular weight excluding hydrogens is 411 g/mol. The van der Waals surface area contributed by atoms with Gasteiger partial charge in [0.1, 0.15) is 23.1 Å². The summed E-state index contributed by atoms with van der Waals surface area (Å²) < 4.78 is 30.7. The lowest BCUT2D eigenvalue weighted by Gasteiger charge is -2.27. The van der Waals surface area contributed by atoms with Crippen molar-refractivity contribution in [3.8, 4) is 5.75 Å². The van der Waals surface area contributed by atoms with Crippen LogP contribution in [0.25, 0.3) is 0 Å². The molecule has 4 rings (SSSR count). The number of benzene rings is 1. The molecule has 0 spiro atoms. The number of carbonyl (C=O) groups excluding carboxylic acids is 1. The highest BCUT2D eigenvalue weighted by Crippen LogP contribution is 2.25. The van der Waals surface area contributed by atoms with E-state index in [0.29, 0.717) is 36.8 Å². The van der Waals surface area contributed by atoms with Gasteiger partial charge in [-0.1, -0.05) is 6.92 Å². The Morgan fingerprint density at radius 1 is 1.06 bits per heavy atom. The largest absolute Gasteiger partial charge is 0.481 e.